The van der Waals surface area contributed by atoms with Crippen LogP contribution >= 0.6 is 0 Å². The molecule has 3 saturated carbocycles. The van der Waals surface area contributed by atoms with E-state index in [2.05, 4.69) is 40.7 Å². The van der Waals surface area contributed by atoms with Crippen LogP contribution in [-0.4, -0.2) is 24.4 Å². The highest BCUT2D eigenvalue weighted by atomic mass is 16.5. The van der Waals surface area contributed by atoms with Crippen LogP contribution in [-0.2, 0) is 4.74 Å². The summed E-state index contributed by atoms with van der Waals surface area (Å²) >= 11 is 0. The Morgan fingerprint density at radius 1 is 1.03 bits per heavy atom. The van der Waals surface area contributed by atoms with Gasteiger partial charge in [-0.15, -0.1) is 0 Å². The first-order chi connectivity index (χ1) is 14.2. The number of fused-ring (bicyclic) bond motifs is 5. The topological polar surface area (TPSA) is 29.5 Å². The molecule has 172 valence electrons. The maximum atomic E-state index is 10.2. The molecule has 0 aromatic carbocycles. The van der Waals surface area contributed by atoms with Crippen molar-refractivity contribution in [1.82, 2.24) is 0 Å². The third-order valence-corrected chi connectivity index (χ3v) is 10.8. The predicted octanol–water partition coefficient (Wildman–Crippen LogP) is 7.01. The van der Waals surface area contributed by atoms with Gasteiger partial charge in [-0.1, -0.05) is 46.3 Å². The molecule has 30 heavy (non-hydrogen) atoms. The van der Waals surface area contributed by atoms with E-state index in [1.165, 1.54) is 51.4 Å². The number of rotatable bonds is 6. The largest absolute Gasteiger partial charge is 0.393 e. The van der Waals surface area contributed by atoms with Crippen molar-refractivity contribution in [3.63, 3.8) is 0 Å². The van der Waals surface area contributed by atoms with Gasteiger partial charge in [0.2, 0.25) is 0 Å². The number of aliphatic hydroxyl groups excluding tert-OH is 1. The van der Waals surface area contributed by atoms with Crippen LogP contribution in [0.4, 0.5) is 0 Å². The fraction of sp³-hybridized carbons (Fsp3) is 0.929. The summed E-state index contributed by atoms with van der Waals surface area (Å²) in [5, 5.41) is 10.2. The second-order valence-electron chi connectivity index (χ2n) is 12.5. The molecule has 0 amide bonds. The summed E-state index contributed by atoms with van der Waals surface area (Å²) in [4.78, 5) is 0. The average Bonchev–Trinajstić information content (AvgIpc) is 3.06. The molecule has 0 saturated heterocycles. The second-order valence-corrected chi connectivity index (χ2v) is 12.5. The van der Waals surface area contributed by atoms with Crippen LogP contribution in [0.15, 0.2) is 11.6 Å². The first-order valence-electron chi connectivity index (χ1n) is 13.1. The molecule has 0 aromatic rings. The van der Waals surface area contributed by atoms with Crippen molar-refractivity contribution in [1.29, 1.82) is 0 Å². The van der Waals surface area contributed by atoms with Crippen LogP contribution in [0, 0.1) is 46.3 Å². The fourth-order valence-corrected chi connectivity index (χ4v) is 8.97. The van der Waals surface area contributed by atoms with E-state index in [0.717, 1.165) is 42.4 Å². The van der Waals surface area contributed by atoms with Gasteiger partial charge in [0, 0.05) is 7.11 Å². The van der Waals surface area contributed by atoms with Crippen molar-refractivity contribution in [2.45, 2.75) is 111 Å². The van der Waals surface area contributed by atoms with Gasteiger partial charge in [0.1, 0.15) is 0 Å². The lowest BCUT2D eigenvalue weighted by atomic mass is 9.47. The molecular formula is C28H48O2. The number of ether oxygens (including phenoxy) is 1. The molecule has 2 nitrogen and oxygen atoms in total. The van der Waals surface area contributed by atoms with Gasteiger partial charge in [0.25, 0.3) is 0 Å². The number of aliphatic hydroxyl groups is 1. The molecule has 0 heterocycles. The third-order valence-electron chi connectivity index (χ3n) is 10.8. The Kier molecular flexibility index (Phi) is 6.50. The second kappa shape index (κ2) is 8.54. The van der Waals surface area contributed by atoms with Crippen LogP contribution in [0.25, 0.3) is 0 Å². The van der Waals surface area contributed by atoms with E-state index < -0.39 is 0 Å². The van der Waals surface area contributed by atoms with Gasteiger partial charge in [-0.2, -0.15) is 0 Å². The zero-order valence-corrected chi connectivity index (χ0v) is 20.6. The summed E-state index contributed by atoms with van der Waals surface area (Å²) in [6.45, 7) is 12.4. The number of hydrogen-bond acceptors (Lipinski definition) is 2. The number of methoxy groups -OCH3 is 1. The monoisotopic (exact) mass is 416 g/mol. The lowest BCUT2D eigenvalue weighted by Crippen LogP contribution is -2.50. The summed E-state index contributed by atoms with van der Waals surface area (Å²) in [6, 6.07) is 0. The zero-order valence-electron chi connectivity index (χ0n) is 20.6. The smallest absolute Gasteiger partial charge is 0.0594 e. The molecule has 0 bridgehead atoms. The van der Waals surface area contributed by atoms with E-state index in [1.54, 1.807) is 5.57 Å². The Bertz CT molecular complexity index is 639. The molecule has 0 aliphatic heterocycles. The molecule has 4 aliphatic rings. The van der Waals surface area contributed by atoms with Crippen LogP contribution in [0.2, 0.25) is 0 Å². The Morgan fingerprint density at radius 2 is 1.80 bits per heavy atom. The van der Waals surface area contributed by atoms with Crippen molar-refractivity contribution >= 4 is 0 Å². The first kappa shape index (κ1) is 22.8. The number of allylic oxidation sites excluding steroid dienone is 1. The fourth-order valence-electron chi connectivity index (χ4n) is 8.97. The Balaban J connectivity index is 1.47. The highest BCUT2D eigenvalue weighted by Crippen LogP contribution is 2.67. The molecule has 9 atom stereocenters. The van der Waals surface area contributed by atoms with Crippen molar-refractivity contribution in [2.75, 3.05) is 7.11 Å². The van der Waals surface area contributed by atoms with E-state index in [4.69, 9.17) is 4.74 Å². The van der Waals surface area contributed by atoms with Gasteiger partial charge in [-0.25, -0.2) is 0 Å². The lowest BCUT2D eigenvalue weighted by Gasteiger charge is -2.58. The van der Waals surface area contributed by atoms with Crippen LogP contribution in [0.5, 0.6) is 0 Å². The van der Waals surface area contributed by atoms with E-state index in [1.807, 2.05) is 7.11 Å². The summed E-state index contributed by atoms with van der Waals surface area (Å²) < 4.78 is 5.77. The van der Waals surface area contributed by atoms with Gasteiger partial charge in [-0.05, 0) is 111 Å². The normalized spacial score (nSPS) is 45.3. The molecular weight excluding hydrogens is 368 g/mol. The summed E-state index contributed by atoms with van der Waals surface area (Å²) in [6.07, 6.45) is 15.6. The minimum Gasteiger partial charge on any atom is -0.393 e. The average molecular weight is 417 g/mol. The summed E-state index contributed by atoms with van der Waals surface area (Å²) in [5.74, 6) is 4.96. The van der Waals surface area contributed by atoms with Gasteiger partial charge >= 0.3 is 0 Å². The zero-order chi connectivity index (χ0) is 21.7. The highest BCUT2D eigenvalue weighted by molar-refractivity contribution is 5.25. The Hall–Kier alpha value is -0.340. The Labute approximate surface area is 186 Å². The van der Waals surface area contributed by atoms with Crippen molar-refractivity contribution in [2.24, 2.45) is 46.3 Å². The maximum absolute atomic E-state index is 10.2. The molecule has 4 aliphatic carbocycles. The highest BCUT2D eigenvalue weighted by Gasteiger charge is 2.59. The van der Waals surface area contributed by atoms with E-state index in [0.29, 0.717) is 22.9 Å². The quantitative estimate of drug-likeness (QED) is 0.472. The van der Waals surface area contributed by atoms with E-state index in [-0.39, 0.29) is 6.10 Å². The molecule has 3 fully saturated rings. The minimum atomic E-state index is -0.0896. The van der Waals surface area contributed by atoms with Gasteiger partial charge in [0.05, 0.1) is 12.2 Å². The van der Waals surface area contributed by atoms with Crippen LogP contribution < -0.4 is 0 Å². The molecule has 2 heteroatoms. The molecule has 1 N–H and O–H groups in total. The molecule has 0 aromatic heterocycles. The van der Waals surface area contributed by atoms with Crippen molar-refractivity contribution < 1.29 is 9.84 Å². The Morgan fingerprint density at radius 3 is 2.50 bits per heavy atom. The van der Waals surface area contributed by atoms with Crippen LogP contribution in [0.1, 0.15) is 98.8 Å². The van der Waals surface area contributed by atoms with Crippen molar-refractivity contribution in [3.8, 4) is 0 Å². The standard InChI is InChI=1S/C28H48O2/c1-18(2)26(30-6)12-7-19(3)23-10-11-24-22-9-8-20-17-21(29)13-15-27(20,4)25(22)14-16-28(23,24)5/h8,18-19,21-26,29H,7,9-17H2,1-6H3/t19-,21+,22+,23-,24?,25?,26-,27+,28-/m1/s1. The predicted molar refractivity (Wildman–Crippen MR) is 125 cm³/mol. The van der Waals surface area contributed by atoms with E-state index >= 15 is 0 Å². The molecule has 4 rings (SSSR count). The van der Waals surface area contributed by atoms with Gasteiger partial charge < -0.3 is 9.84 Å². The van der Waals surface area contributed by atoms with Gasteiger partial charge in [0.15, 0.2) is 0 Å². The molecule has 2 unspecified atom stereocenters. The van der Waals surface area contributed by atoms with Gasteiger partial charge in [-0.3, -0.25) is 0 Å². The van der Waals surface area contributed by atoms with Crippen molar-refractivity contribution in [3.05, 3.63) is 11.6 Å². The summed E-state index contributed by atoms with van der Waals surface area (Å²) in [7, 11) is 1.89. The minimum absolute atomic E-state index is 0.0896. The number of hydrogen-bond donors (Lipinski definition) is 1. The van der Waals surface area contributed by atoms with Crippen LogP contribution in [0.3, 0.4) is 0 Å². The first-order valence-corrected chi connectivity index (χ1v) is 13.1. The SMILES string of the molecule is CO[C@H](CC[C@@H](C)[C@H]1CCC2[C@@H]3CC=C4C[C@@H](O)CC[C@]4(C)C3CC[C@@]21C)C(C)C. The maximum Gasteiger partial charge on any atom is 0.0594 e. The lowest BCUT2D eigenvalue weighted by molar-refractivity contribution is -0.0582. The molecule has 0 spiro atoms. The van der Waals surface area contributed by atoms with E-state index in [9.17, 15) is 5.11 Å². The summed E-state index contributed by atoms with van der Waals surface area (Å²) in [5.41, 5.74) is 2.51. The molecule has 0 radical (unpaired) electrons. The third kappa shape index (κ3) is 3.72.